The molecule has 3 fully saturated rings. The van der Waals surface area contributed by atoms with Gasteiger partial charge in [0.15, 0.2) is 0 Å². The number of aromatic nitrogens is 3. The molecule has 0 radical (unpaired) electrons. The van der Waals surface area contributed by atoms with Crippen molar-refractivity contribution in [3.63, 3.8) is 0 Å². The Morgan fingerprint density at radius 3 is 2.74 bits per heavy atom. The highest BCUT2D eigenvalue weighted by Gasteiger charge is 2.32. The van der Waals surface area contributed by atoms with Gasteiger partial charge in [-0.25, -0.2) is 0 Å². The molecule has 9 nitrogen and oxygen atoms in total. The largest absolute Gasteiger partial charge is 0.394 e. The number of aliphatic hydroxyl groups is 1. The van der Waals surface area contributed by atoms with Crippen molar-refractivity contribution in [3.8, 4) is 0 Å². The molecule has 3 heterocycles. The Balaban J connectivity index is 1.20. The van der Waals surface area contributed by atoms with Crippen molar-refractivity contribution in [2.45, 2.75) is 82.1 Å². The zero-order chi connectivity index (χ0) is 21.5. The van der Waals surface area contributed by atoms with Gasteiger partial charge in [-0.05, 0) is 32.1 Å². The first kappa shape index (κ1) is 22.6. The number of nitrogens with zero attached hydrogens (tertiary/aromatic N) is 4. The lowest BCUT2D eigenvalue weighted by Crippen LogP contribution is -2.53. The van der Waals surface area contributed by atoms with E-state index in [1.165, 1.54) is 32.1 Å². The van der Waals surface area contributed by atoms with Gasteiger partial charge in [0, 0.05) is 31.7 Å². The van der Waals surface area contributed by atoms with Crippen LogP contribution in [0, 0.1) is 0 Å². The number of amides is 1. The maximum absolute atomic E-state index is 12.4. The van der Waals surface area contributed by atoms with Gasteiger partial charge in [-0.3, -0.25) is 14.4 Å². The Hall–Kier alpha value is -1.55. The zero-order valence-corrected chi connectivity index (χ0v) is 18.5. The number of ether oxygens (including phenoxy) is 2. The van der Waals surface area contributed by atoms with E-state index in [-0.39, 0.29) is 30.8 Å². The molecule has 4 rings (SSSR count). The van der Waals surface area contributed by atoms with Crippen molar-refractivity contribution in [2.75, 3.05) is 39.5 Å². The van der Waals surface area contributed by atoms with Crippen LogP contribution in [0.4, 0.5) is 0 Å². The Morgan fingerprint density at radius 2 is 1.97 bits per heavy atom. The number of hydrogen-bond acceptors (Lipinski definition) is 7. The minimum absolute atomic E-state index is 0.00902. The van der Waals surface area contributed by atoms with Crippen molar-refractivity contribution in [1.29, 1.82) is 0 Å². The van der Waals surface area contributed by atoms with Crippen LogP contribution >= 0.6 is 0 Å². The lowest BCUT2D eigenvalue weighted by atomic mass is 9.87. The number of morpholine rings is 1. The van der Waals surface area contributed by atoms with E-state index in [9.17, 15) is 9.90 Å². The monoisotopic (exact) mass is 435 g/mol. The van der Waals surface area contributed by atoms with Gasteiger partial charge in [0.2, 0.25) is 5.91 Å². The topological polar surface area (TPSA) is 102 Å². The smallest absolute Gasteiger partial charge is 0.234 e. The molecular formula is C22H37N5O4. The Bertz CT molecular complexity index is 687. The van der Waals surface area contributed by atoms with Crippen LogP contribution in [-0.4, -0.2) is 88.6 Å². The summed E-state index contributed by atoms with van der Waals surface area (Å²) in [6.07, 6.45) is 10.7. The molecule has 0 unspecified atom stereocenters. The van der Waals surface area contributed by atoms with Crippen molar-refractivity contribution < 1.29 is 19.4 Å². The van der Waals surface area contributed by atoms with Gasteiger partial charge in [-0.2, -0.15) is 0 Å². The number of rotatable bonds is 8. The average Bonchev–Trinajstić information content (AvgIpc) is 3.29. The Morgan fingerprint density at radius 1 is 1.16 bits per heavy atom. The number of carbonyl (C=O) groups excluding carboxylic acids is 1. The molecule has 1 saturated carbocycles. The third-order valence-corrected chi connectivity index (χ3v) is 6.87. The fraction of sp³-hybridized carbons (Fsp3) is 0.864. The Labute approximate surface area is 184 Å². The zero-order valence-electron chi connectivity index (χ0n) is 18.5. The van der Waals surface area contributed by atoms with E-state index < -0.39 is 0 Å². The molecule has 1 aromatic heterocycles. The first-order valence-corrected chi connectivity index (χ1v) is 12.0. The SMILES string of the molecule is O=C(CN1CCOCC1)N[C@@H]1CC[C@@H](CCn2cc(C3CCCCC3)nn2)O[C@H]1CO. The first-order chi connectivity index (χ1) is 15.2. The van der Waals surface area contributed by atoms with E-state index in [4.69, 9.17) is 9.47 Å². The standard InChI is InChI=1S/C22H37N5O4/c28-16-21-19(23-22(29)15-26-10-12-30-13-11-26)7-6-18(31-21)8-9-27-14-20(24-25-27)17-4-2-1-3-5-17/h14,17-19,21,28H,1-13,15-16H2,(H,23,29)/t18-,19+,21-/m0/s1. The highest BCUT2D eigenvalue weighted by molar-refractivity contribution is 5.78. The van der Waals surface area contributed by atoms with Crippen LogP contribution in [0.3, 0.4) is 0 Å². The maximum Gasteiger partial charge on any atom is 0.234 e. The van der Waals surface area contributed by atoms with Crippen molar-refractivity contribution in [1.82, 2.24) is 25.2 Å². The van der Waals surface area contributed by atoms with Crippen molar-refractivity contribution >= 4 is 5.91 Å². The lowest BCUT2D eigenvalue weighted by molar-refractivity contribution is -0.130. The Kier molecular flexibility index (Phi) is 8.29. The number of aryl methyl sites for hydroxylation is 1. The second kappa shape index (κ2) is 11.4. The summed E-state index contributed by atoms with van der Waals surface area (Å²) in [5, 5.41) is 21.6. The van der Waals surface area contributed by atoms with E-state index in [0.717, 1.165) is 44.6 Å². The van der Waals surface area contributed by atoms with Gasteiger partial charge in [0.1, 0.15) is 6.10 Å². The molecule has 0 aromatic carbocycles. The molecule has 2 aliphatic heterocycles. The van der Waals surface area contributed by atoms with E-state index in [1.807, 2.05) is 4.68 Å². The van der Waals surface area contributed by atoms with Crippen LogP contribution in [-0.2, 0) is 20.8 Å². The molecule has 174 valence electrons. The van der Waals surface area contributed by atoms with Crippen LogP contribution in [0.25, 0.3) is 0 Å². The molecule has 3 atom stereocenters. The summed E-state index contributed by atoms with van der Waals surface area (Å²) in [5.41, 5.74) is 1.13. The summed E-state index contributed by atoms with van der Waals surface area (Å²) in [6.45, 7) is 3.96. The summed E-state index contributed by atoms with van der Waals surface area (Å²) in [4.78, 5) is 14.5. The van der Waals surface area contributed by atoms with Crippen LogP contribution < -0.4 is 5.32 Å². The predicted molar refractivity (Wildman–Crippen MR) is 115 cm³/mol. The maximum atomic E-state index is 12.4. The summed E-state index contributed by atoms with van der Waals surface area (Å²) >= 11 is 0. The lowest BCUT2D eigenvalue weighted by Gasteiger charge is -2.36. The quantitative estimate of drug-likeness (QED) is 0.630. The third-order valence-electron chi connectivity index (χ3n) is 6.87. The molecule has 1 aromatic rings. The number of hydrogen-bond donors (Lipinski definition) is 2. The molecule has 31 heavy (non-hydrogen) atoms. The molecular weight excluding hydrogens is 398 g/mol. The van der Waals surface area contributed by atoms with Gasteiger partial charge in [0.25, 0.3) is 0 Å². The fourth-order valence-electron chi connectivity index (χ4n) is 5.01. The van der Waals surface area contributed by atoms with Gasteiger partial charge in [-0.1, -0.05) is 24.5 Å². The summed E-state index contributed by atoms with van der Waals surface area (Å²) < 4.78 is 13.4. The van der Waals surface area contributed by atoms with Crippen molar-refractivity contribution in [3.05, 3.63) is 11.9 Å². The normalized spacial score (nSPS) is 28.5. The number of carbonyl (C=O) groups is 1. The predicted octanol–water partition coefficient (Wildman–Crippen LogP) is 1.07. The van der Waals surface area contributed by atoms with Gasteiger partial charge < -0.3 is 19.9 Å². The molecule has 2 saturated heterocycles. The number of nitrogens with one attached hydrogen (secondary N) is 1. The van der Waals surface area contributed by atoms with Crippen LogP contribution in [0.5, 0.6) is 0 Å². The van der Waals surface area contributed by atoms with E-state index in [2.05, 4.69) is 26.7 Å². The van der Waals surface area contributed by atoms with Gasteiger partial charge in [0.05, 0.1) is 44.2 Å². The molecule has 0 bridgehead atoms. The van der Waals surface area contributed by atoms with E-state index in [1.54, 1.807) is 0 Å². The molecule has 3 aliphatic rings. The van der Waals surface area contributed by atoms with Crippen LogP contribution in [0.15, 0.2) is 6.20 Å². The second-order valence-electron chi connectivity index (χ2n) is 9.15. The molecule has 1 amide bonds. The third kappa shape index (κ3) is 6.47. The average molecular weight is 436 g/mol. The van der Waals surface area contributed by atoms with E-state index in [0.29, 0.717) is 25.7 Å². The summed E-state index contributed by atoms with van der Waals surface area (Å²) in [5.74, 6) is 0.555. The first-order valence-electron chi connectivity index (χ1n) is 12.0. The van der Waals surface area contributed by atoms with Gasteiger partial charge >= 0.3 is 0 Å². The number of aliphatic hydroxyl groups excluding tert-OH is 1. The summed E-state index contributed by atoms with van der Waals surface area (Å²) in [7, 11) is 0. The van der Waals surface area contributed by atoms with Crippen molar-refractivity contribution in [2.24, 2.45) is 0 Å². The summed E-state index contributed by atoms with van der Waals surface area (Å²) in [6, 6.07) is -0.140. The van der Waals surface area contributed by atoms with Gasteiger partial charge in [-0.15, -0.1) is 5.10 Å². The minimum Gasteiger partial charge on any atom is -0.394 e. The molecule has 2 N–H and O–H groups in total. The van der Waals surface area contributed by atoms with Crippen LogP contribution in [0.1, 0.15) is 63.0 Å². The van der Waals surface area contributed by atoms with Crippen LogP contribution in [0.2, 0.25) is 0 Å². The molecule has 1 aliphatic carbocycles. The fourth-order valence-corrected chi connectivity index (χ4v) is 5.01. The second-order valence-corrected chi connectivity index (χ2v) is 9.15. The van der Waals surface area contributed by atoms with E-state index >= 15 is 0 Å². The highest BCUT2D eigenvalue weighted by atomic mass is 16.5. The molecule has 0 spiro atoms. The molecule has 9 heteroatoms. The minimum atomic E-state index is -0.360. The highest BCUT2D eigenvalue weighted by Crippen LogP contribution is 2.31.